The highest BCUT2D eigenvalue weighted by Gasteiger charge is 2.39. The summed E-state index contributed by atoms with van der Waals surface area (Å²) < 4.78 is 9.74. The van der Waals surface area contributed by atoms with Gasteiger partial charge in [-0.15, -0.1) is 0 Å². The fraction of sp³-hybridized carbons (Fsp3) is 0.778. The van der Waals surface area contributed by atoms with Crippen LogP contribution in [-0.4, -0.2) is 56.2 Å². The summed E-state index contributed by atoms with van der Waals surface area (Å²) in [5, 5.41) is 0. The normalized spacial score (nSPS) is 25.4. The van der Waals surface area contributed by atoms with Gasteiger partial charge in [0.25, 0.3) is 0 Å². The second kappa shape index (κ2) is 5.09. The Morgan fingerprint density at radius 1 is 1.47 bits per heavy atom. The van der Waals surface area contributed by atoms with E-state index < -0.39 is 12.0 Å². The highest BCUT2D eigenvalue weighted by Crippen LogP contribution is 2.20. The lowest BCUT2D eigenvalue weighted by molar-refractivity contribution is -0.150. The van der Waals surface area contributed by atoms with Crippen molar-refractivity contribution in [3.63, 3.8) is 0 Å². The molecule has 1 heterocycles. The first-order valence-electron chi connectivity index (χ1n) is 4.74. The highest BCUT2D eigenvalue weighted by atomic mass is 16.5. The standard InChI is InChI=1S/C9H16N2O4/c1-14-6-3-7(9(13)15-2)11(5-6)8(12)4-10/h6-7H,3-5,10H2,1-2H3/t6-,7-/m1/s1. The Balaban J connectivity index is 2.73. The molecule has 1 aliphatic heterocycles. The number of nitrogens with zero attached hydrogens (tertiary/aromatic N) is 1. The summed E-state index contributed by atoms with van der Waals surface area (Å²) in [6.07, 6.45) is 0.346. The maximum absolute atomic E-state index is 11.4. The van der Waals surface area contributed by atoms with Gasteiger partial charge in [0.1, 0.15) is 6.04 Å². The number of nitrogens with two attached hydrogens (primary N) is 1. The topological polar surface area (TPSA) is 81.9 Å². The van der Waals surface area contributed by atoms with Gasteiger partial charge in [0.05, 0.1) is 19.8 Å². The van der Waals surface area contributed by atoms with Gasteiger partial charge in [-0.2, -0.15) is 0 Å². The highest BCUT2D eigenvalue weighted by molar-refractivity contribution is 5.86. The van der Waals surface area contributed by atoms with Crippen molar-refractivity contribution in [2.75, 3.05) is 27.3 Å². The second-order valence-corrected chi connectivity index (χ2v) is 3.38. The van der Waals surface area contributed by atoms with E-state index in [1.165, 1.54) is 12.0 Å². The van der Waals surface area contributed by atoms with Crippen molar-refractivity contribution in [2.24, 2.45) is 5.73 Å². The van der Waals surface area contributed by atoms with E-state index in [2.05, 4.69) is 4.74 Å². The van der Waals surface area contributed by atoms with Gasteiger partial charge in [-0.1, -0.05) is 0 Å². The smallest absolute Gasteiger partial charge is 0.328 e. The molecule has 6 nitrogen and oxygen atoms in total. The van der Waals surface area contributed by atoms with Crippen LogP contribution in [0.15, 0.2) is 0 Å². The number of methoxy groups -OCH3 is 2. The third-order valence-corrected chi connectivity index (χ3v) is 2.56. The van der Waals surface area contributed by atoms with Gasteiger partial charge in [0, 0.05) is 20.1 Å². The van der Waals surface area contributed by atoms with Gasteiger partial charge in [-0.05, 0) is 0 Å². The second-order valence-electron chi connectivity index (χ2n) is 3.38. The molecule has 6 heteroatoms. The van der Waals surface area contributed by atoms with Crippen molar-refractivity contribution in [1.82, 2.24) is 4.90 Å². The molecule has 0 saturated carbocycles. The number of carbonyl (C=O) groups is 2. The summed E-state index contributed by atoms with van der Waals surface area (Å²) in [6, 6.07) is -0.559. The maximum atomic E-state index is 11.4. The summed E-state index contributed by atoms with van der Waals surface area (Å²) >= 11 is 0. The first kappa shape index (κ1) is 11.9. The van der Waals surface area contributed by atoms with Crippen LogP contribution in [0.25, 0.3) is 0 Å². The summed E-state index contributed by atoms with van der Waals surface area (Å²) in [5.41, 5.74) is 5.26. The molecule has 0 unspecified atom stereocenters. The van der Waals surface area contributed by atoms with E-state index >= 15 is 0 Å². The number of ether oxygens (including phenoxy) is 2. The van der Waals surface area contributed by atoms with Crippen LogP contribution in [0, 0.1) is 0 Å². The van der Waals surface area contributed by atoms with Crippen molar-refractivity contribution in [1.29, 1.82) is 0 Å². The number of carbonyl (C=O) groups excluding carboxylic acids is 2. The van der Waals surface area contributed by atoms with E-state index in [1.807, 2.05) is 0 Å². The van der Waals surface area contributed by atoms with Gasteiger partial charge < -0.3 is 20.1 Å². The predicted octanol–water partition coefficient (Wildman–Crippen LogP) is -1.27. The lowest BCUT2D eigenvalue weighted by atomic mass is 10.2. The van der Waals surface area contributed by atoms with E-state index in [0.29, 0.717) is 13.0 Å². The van der Waals surface area contributed by atoms with E-state index in [1.54, 1.807) is 7.11 Å². The largest absolute Gasteiger partial charge is 0.467 e. The molecule has 15 heavy (non-hydrogen) atoms. The Bertz CT molecular complexity index is 232. The average Bonchev–Trinajstić information content (AvgIpc) is 2.70. The lowest BCUT2D eigenvalue weighted by Gasteiger charge is -2.21. The third-order valence-electron chi connectivity index (χ3n) is 2.56. The fourth-order valence-electron chi connectivity index (χ4n) is 1.72. The average molecular weight is 216 g/mol. The molecule has 1 rings (SSSR count). The first-order valence-corrected chi connectivity index (χ1v) is 4.74. The molecule has 0 aliphatic carbocycles. The molecular formula is C9H16N2O4. The van der Waals surface area contributed by atoms with Crippen molar-refractivity contribution in [2.45, 2.75) is 18.6 Å². The number of amides is 1. The van der Waals surface area contributed by atoms with Gasteiger partial charge in [-0.25, -0.2) is 4.79 Å². The minimum Gasteiger partial charge on any atom is -0.467 e. The molecule has 0 radical (unpaired) electrons. The molecule has 2 atom stereocenters. The van der Waals surface area contributed by atoms with Crippen LogP contribution in [0.5, 0.6) is 0 Å². The molecule has 86 valence electrons. The number of esters is 1. The summed E-state index contributed by atoms with van der Waals surface area (Å²) in [7, 11) is 2.85. The summed E-state index contributed by atoms with van der Waals surface area (Å²) in [6.45, 7) is 0.288. The monoisotopic (exact) mass is 216 g/mol. The van der Waals surface area contributed by atoms with Crippen LogP contribution < -0.4 is 5.73 Å². The first-order chi connectivity index (χ1) is 7.13. The van der Waals surface area contributed by atoms with Crippen LogP contribution in [-0.2, 0) is 19.1 Å². The molecule has 1 amide bonds. The number of hydrogen-bond donors (Lipinski definition) is 1. The quantitative estimate of drug-likeness (QED) is 0.595. The van der Waals surface area contributed by atoms with Gasteiger partial charge in [0.15, 0.2) is 0 Å². The number of likely N-dealkylation sites (tertiary alicyclic amines) is 1. The molecule has 2 N–H and O–H groups in total. The van der Waals surface area contributed by atoms with Crippen LogP contribution >= 0.6 is 0 Å². The molecule has 1 fully saturated rings. The molecular weight excluding hydrogens is 200 g/mol. The van der Waals surface area contributed by atoms with Gasteiger partial charge in [0.2, 0.25) is 5.91 Å². The van der Waals surface area contributed by atoms with Crippen LogP contribution in [0.3, 0.4) is 0 Å². The van der Waals surface area contributed by atoms with E-state index in [-0.39, 0.29) is 18.6 Å². The van der Waals surface area contributed by atoms with Crippen LogP contribution in [0.1, 0.15) is 6.42 Å². The van der Waals surface area contributed by atoms with Crippen LogP contribution in [0.4, 0.5) is 0 Å². The fourth-order valence-corrected chi connectivity index (χ4v) is 1.72. The van der Waals surface area contributed by atoms with Crippen LogP contribution in [0.2, 0.25) is 0 Å². The summed E-state index contributed by atoms with van der Waals surface area (Å²) in [4.78, 5) is 24.3. The van der Waals surface area contributed by atoms with E-state index in [0.717, 1.165) is 0 Å². The molecule has 0 spiro atoms. The number of hydrogen-bond acceptors (Lipinski definition) is 5. The Labute approximate surface area is 88.3 Å². The van der Waals surface area contributed by atoms with Crippen molar-refractivity contribution in [3.8, 4) is 0 Å². The zero-order valence-corrected chi connectivity index (χ0v) is 8.93. The van der Waals surface area contributed by atoms with Crippen molar-refractivity contribution >= 4 is 11.9 Å². The Hall–Kier alpha value is -1.14. The molecule has 0 bridgehead atoms. The Kier molecular flexibility index (Phi) is 4.05. The minimum absolute atomic E-state index is 0.107. The maximum Gasteiger partial charge on any atom is 0.328 e. The molecule has 1 aliphatic rings. The molecule has 0 aromatic carbocycles. The molecule has 1 saturated heterocycles. The van der Waals surface area contributed by atoms with Crippen molar-refractivity contribution in [3.05, 3.63) is 0 Å². The minimum atomic E-state index is -0.559. The van der Waals surface area contributed by atoms with Crippen molar-refractivity contribution < 1.29 is 19.1 Å². The SMILES string of the molecule is COC(=O)[C@H]1C[C@@H](OC)CN1C(=O)CN. The van der Waals surface area contributed by atoms with E-state index in [4.69, 9.17) is 10.5 Å². The van der Waals surface area contributed by atoms with E-state index in [9.17, 15) is 9.59 Å². The zero-order valence-electron chi connectivity index (χ0n) is 8.93. The number of rotatable bonds is 3. The predicted molar refractivity (Wildman–Crippen MR) is 52.0 cm³/mol. The lowest BCUT2D eigenvalue weighted by Crippen LogP contribution is -2.44. The van der Waals surface area contributed by atoms with Gasteiger partial charge in [-0.3, -0.25) is 4.79 Å². The molecule has 0 aromatic rings. The third kappa shape index (κ3) is 2.45. The Morgan fingerprint density at radius 2 is 2.13 bits per heavy atom. The zero-order chi connectivity index (χ0) is 11.4. The summed E-state index contributed by atoms with van der Waals surface area (Å²) in [5.74, 6) is -0.679. The Morgan fingerprint density at radius 3 is 2.60 bits per heavy atom. The molecule has 0 aromatic heterocycles. The van der Waals surface area contributed by atoms with Gasteiger partial charge >= 0.3 is 5.97 Å².